The van der Waals surface area contributed by atoms with Gasteiger partial charge >= 0.3 is 0 Å². The van der Waals surface area contributed by atoms with Crippen molar-refractivity contribution in [2.24, 2.45) is 22.7 Å². The number of methoxy groups -OCH3 is 1. The molecule has 0 saturated heterocycles. The number of para-hydroxylation sites is 2. The summed E-state index contributed by atoms with van der Waals surface area (Å²) in [4.78, 5) is 4.94. The zero-order valence-electron chi connectivity index (χ0n) is 21.1. The summed E-state index contributed by atoms with van der Waals surface area (Å²) in [5, 5.41) is 11.7. The van der Waals surface area contributed by atoms with Gasteiger partial charge in [-0.25, -0.2) is 0 Å². The summed E-state index contributed by atoms with van der Waals surface area (Å²) in [6, 6.07) is 18.5. The first-order valence-electron chi connectivity index (χ1n) is 13.1. The molecule has 35 heavy (non-hydrogen) atoms. The molecule has 4 bridgehead atoms. The Bertz CT molecular complexity index is 1270. The fourth-order valence-electron chi connectivity index (χ4n) is 7.75. The van der Waals surface area contributed by atoms with Gasteiger partial charge in [-0.05, 0) is 98.8 Å². The first-order chi connectivity index (χ1) is 17.0. The highest BCUT2D eigenvalue weighted by molar-refractivity contribution is 5.91. The molecule has 4 saturated carbocycles. The maximum absolute atomic E-state index is 11.7. The summed E-state index contributed by atoms with van der Waals surface area (Å²) in [7, 11) is 1.70. The van der Waals surface area contributed by atoms with Gasteiger partial charge in [0, 0.05) is 28.5 Å². The lowest BCUT2D eigenvalue weighted by Gasteiger charge is -2.57. The minimum absolute atomic E-state index is 0.148. The fraction of sp³-hybridized carbons (Fsp3) is 0.406. The van der Waals surface area contributed by atoms with Gasteiger partial charge in [0.15, 0.2) is 0 Å². The number of aryl methyl sites for hydroxylation is 1. The van der Waals surface area contributed by atoms with Gasteiger partial charge in [-0.1, -0.05) is 42.5 Å². The topological polar surface area (TPSA) is 41.8 Å². The van der Waals surface area contributed by atoms with E-state index in [1.54, 1.807) is 7.11 Å². The van der Waals surface area contributed by atoms with Crippen LogP contribution < -0.4 is 4.74 Å². The Balaban J connectivity index is 1.42. The maximum atomic E-state index is 11.7. The predicted molar refractivity (Wildman–Crippen MR) is 143 cm³/mol. The van der Waals surface area contributed by atoms with Crippen LogP contribution in [-0.2, 0) is 5.41 Å². The van der Waals surface area contributed by atoms with E-state index in [2.05, 4.69) is 32.0 Å². The summed E-state index contributed by atoms with van der Waals surface area (Å²) in [5.41, 5.74) is 7.45. The van der Waals surface area contributed by atoms with Crippen molar-refractivity contribution in [3.05, 3.63) is 76.9 Å². The average molecular weight is 466 g/mol. The van der Waals surface area contributed by atoms with Gasteiger partial charge in [-0.3, -0.25) is 4.99 Å². The van der Waals surface area contributed by atoms with Crippen molar-refractivity contribution in [2.75, 3.05) is 7.11 Å². The molecule has 3 heteroatoms. The Hall–Kier alpha value is -3.07. The normalized spacial score (nSPS) is 27.0. The lowest BCUT2D eigenvalue weighted by Crippen LogP contribution is -2.48. The molecule has 0 amide bonds. The molecule has 0 heterocycles. The first-order valence-corrected chi connectivity index (χ1v) is 13.1. The molecule has 3 nitrogen and oxygen atoms in total. The van der Waals surface area contributed by atoms with E-state index in [9.17, 15) is 5.11 Å². The van der Waals surface area contributed by atoms with Gasteiger partial charge in [0.2, 0.25) is 0 Å². The molecule has 4 fully saturated rings. The van der Waals surface area contributed by atoms with Crippen LogP contribution in [0.5, 0.6) is 11.5 Å². The highest BCUT2D eigenvalue weighted by Gasteiger charge is 2.52. The number of hydrogen-bond donors (Lipinski definition) is 1. The molecular formula is C32H35NO2. The number of aromatic hydroxyl groups is 1. The van der Waals surface area contributed by atoms with Crippen LogP contribution in [0.2, 0.25) is 0 Å². The molecule has 3 aromatic carbocycles. The van der Waals surface area contributed by atoms with Crippen molar-refractivity contribution in [3.8, 4) is 22.6 Å². The Morgan fingerprint density at radius 3 is 2.14 bits per heavy atom. The van der Waals surface area contributed by atoms with E-state index < -0.39 is 0 Å². The average Bonchev–Trinajstić information content (AvgIpc) is 2.85. The van der Waals surface area contributed by atoms with Crippen molar-refractivity contribution in [1.82, 2.24) is 0 Å². The molecule has 7 rings (SSSR count). The number of benzene rings is 3. The summed E-state index contributed by atoms with van der Waals surface area (Å²) >= 11 is 0. The standard InChI is InChI=1S/C32H35NO2/c1-20-12-28(32-16-22-13-23(17-32)15-24(14-22)18-32)31(34)27(21(20)2)19-33-29-10-6-4-8-25(29)26-9-5-7-11-30(26)35-3/h4-12,19,22-24,34H,13-18H2,1-3H3. The molecule has 3 aromatic rings. The lowest BCUT2D eigenvalue weighted by molar-refractivity contribution is -0.00617. The molecule has 1 N–H and O–H groups in total. The highest BCUT2D eigenvalue weighted by Crippen LogP contribution is 2.62. The van der Waals surface area contributed by atoms with Crippen molar-refractivity contribution in [2.45, 2.75) is 57.8 Å². The van der Waals surface area contributed by atoms with Gasteiger partial charge < -0.3 is 9.84 Å². The number of phenols is 1. The number of phenolic OH excluding ortho intramolecular Hbond substituents is 1. The highest BCUT2D eigenvalue weighted by atomic mass is 16.5. The quantitative estimate of drug-likeness (QED) is 0.389. The van der Waals surface area contributed by atoms with Gasteiger partial charge in [0.1, 0.15) is 11.5 Å². The van der Waals surface area contributed by atoms with E-state index in [0.29, 0.717) is 5.75 Å². The number of rotatable bonds is 5. The van der Waals surface area contributed by atoms with Crippen LogP contribution in [0.4, 0.5) is 5.69 Å². The van der Waals surface area contributed by atoms with E-state index in [4.69, 9.17) is 9.73 Å². The second-order valence-corrected chi connectivity index (χ2v) is 11.3. The van der Waals surface area contributed by atoms with E-state index in [-0.39, 0.29) is 5.41 Å². The molecular weight excluding hydrogens is 430 g/mol. The van der Waals surface area contributed by atoms with Crippen LogP contribution in [-0.4, -0.2) is 18.4 Å². The summed E-state index contributed by atoms with van der Waals surface area (Å²) in [6.45, 7) is 4.28. The van der Waals surface area contributed by atoms with Gasteiger partial charge in [0.25, 0.3) is 0 Å². The first kappa shape index (κ1) is 22.4. The van der Waals surface area contributed by atoms with Gasteiger partial charge in [-0.2, -0.15) is 0 Å². The van der Waals surface area contributed by atoms with Crippen LogP contribution in [0.3, 0.4) is 0 Å². The van der Waals surface area contributed by atoms with Gasteiger partial charge in [-0.15, -0.1) is 0 Å². The Labute approximate surface area is 208 Å². The molecule has 0 atom stereocenters. The van der Waals surface area contributed by atoms with Crippen LogP contribution in [0.1, 0.15) is 60.8 Å². The largest absolute Gasteiger partial charge is 0.507 e. The monoisotopic (exact) mass is 465 g/mol. The summed E-state index contributed by atoms with van der Waals surface area (Å²) in [6.07, 6.45) is 9.81. The zero-order valence-corrected chi connectivity index (χ0v) is 21.1. The Kier molecular flexibility index (Phi) is 5.47. The van der Waals surface area contributed by atoms with Crippen molar-refractivity contribution < 1.29 is 9.84 Å². The molecule has 4 aliphatic carbocycles. The van der Waals surface area contributed by atoms with Crippen LogP contribution in [0.15, 0.2) is 59.6 Å². The van der Waals surface area contributed by atoms with Crippen molar-refractivity contribution >= 4 is 11.9 Å². The molecule has 180 valence electrons. The number of hydrogen-bond acceptors (Lipinski definition) is 3. The number of ether oxygens (including phenoxy) is 1. The summed E-state index contributed by atoms with van der Waals surface area (Å²) < 4.78 is 5.61. The second kappa shape index (κ2) is 8.55. The molecule has 0 radical (unpaired) electrons. The van der Waals surface area contributed by atoms with E-state index in [0.717, 1.165) is 51.4 Å². The minimum Gasteiger partial charge on any atom is -0.507 e. The third-order valence-corrected chi connectivity index (χ3v) is 9.11. The molecule has 0 unspecified atom stereocenters. The lowest BCUT2D eigenvalue weighted by atomic mass is 9.48. The third-order valence-electron chi connectivity index (χ3n) is 9.11. The van der Waals surface area contributed by atoms with Gasteiger partial charge in [0.05, 0.1) is 12.8 Å². The van der Waals surface area contributed by atoms with Crippen molar-refractivity contribution in [1.29, 1.82) is 0 Å². The van der Waals surface area contributed by atoms with E-state index >= 15 is 0 Å². The molecule has 0 aromatic heterocycles. The van der Waals surface area contributed by atoms with Crippen LogP contribution >= 0.6 is 0 Å². The third kappa shape index (κ3) is 3.76. The maximum Gasteiger partial charge on any atom is 0.128 e. The molecule has 4 aliphatic rings. The zero-order chi connectivity index (χ0) is 24.2. The molecule has 0 spiro atoms. The smallest absolute Gasteiger partial charge is 0.128 e. The minimum atomic E-state index is 0.148. The molecule has 0 aliphatic heterocycles. The van der Waals surface area contributed by atoms with E-state index in [1.807, 2.05) is 42.6 Å². The predicted octanol–water partition coefficient (Wildman–Crippen LogP) is 7.90. The number of aliphatic imine (C=N–C) groups is 1. The summed E-state index contributed by atoms with van der Waals surface area (Å²) in [5.74, 6) is 3.80. The van der Waals surface area contributed by atoms with Crippen LogP contribution in [0.25, 0.3) is 11.1 Å². The van der Waals surface area contributed by atoms with Crippen molar-refractivity contribution in [3.63, 3.8) is 0 Å². The Morgan fingerprint density at radius 1 is 0.886 bits per heavy atom. The van der Waals surface area contributed by atoms with E-state index in [1.165, 1.54) is 49.7 Å². The SMILES string of the molecule is COc1ccccc1-c1ccccc1N=Cc1c(C)c(C)cc(C23CC4CC(CC(C4)C2)C3)c1O. The Morgan fingerprint density at radius 2 is 1.49 bits per heavy atom. The van der Waals surface area contributed by atoms with Crippen LogP contribution in [0, 0.1) is 31.6 Å². The number of nitrogens with zero attached hydrogens (tertiary/aromatic N) is 1. The second-order valence-electron chi connectivity index (χ2n) is 11.3. The fourth-order valence-corrected chi connectivity index (χ4v) is 7.75.